The lowest BCUT2D eigenvalue weighted by Gasteiger charge is -2.34. The molecule has 0 saturated heterocycles. The molecule has 0 amide bonds. The van der Waals surface area contributed by atoms with Gasteiger partial charge in [-0.3, -0.25) is 4.79 Å². The van der Waals surface area contributed by atoms with Gasteiger partial charge in [0.05, 0.1) is 31.8 Å². The predicted octanol–water partition coefficient (Wildman–Crippen LogP) is 2.96. The smallest absolute Gasteiger partial charge is 0.314 e. The second kappa shape index (κ2) is 8.71. The molecular weight excluding hydrogens is 280 g/mol. The standard InChI is InChI=1S/C18H26O4/c1-5-11-18(3,17(20)21-4)16(19)14(2)12-22-13-15-9-7-6-8-10-15/h5-10,14,16,19H,1,11-13H2,2-4H3/t14-,16-,18-/m0/s1. The molecule has 1 N–H and O–H groups in total. The number of carbonyl (C=O) groups excluding carboxylic acids is 1. The zero-order valence-corrected chi connectivity index (χ0v) is 13.6. The lowest BCUT2D eigenvalue weighted by molar-refractivity contribution is -0.162. The van der Waals surface area contributed by atoms with Crippen molar-refractivity contribution >= 4 is 5.97 Å². The highest BCUT2D eigenvalue weighted by Crippen LogP contribution is 2.32. The van der Waals surface area contributed by atoms with Gasteiger partial charge in [-0.25, -0.2) is 0 Å². The van der Waals surface area contributed by atoms with Gasteiger partial charge in [0.2, 0.25) is 0 Å². The first-order valence-electron chi connectivity index (χ1n) is 7.44. The van der Waals surface area contributed by atoms with Crippen molar-refractivity contribution in [3.63, 3.8) is 0 Å². The molecule has 22 heavy (non-hydrogen) atoms. The summed E-state index contributed by atoms with van der Waals surface area (Å²) in [4.78, 5) is 12.0. The van der Waals surface area contributed by atoms with E-state index in [-0.39, 0.29) is 5.92 Å². The maximum atomic E-state index is 12.0. The number of hydrogen-bond acceptors (Lipinski definition) is 4. The van der Waals surface area contributed by atoms with Crippen LogP contribution in [0, 0.1) is 11.3 Å². The first-order chi connectivity index (χ1) is 10.5. The van der Waals surface area contributed by atoms with Crippen LogP contribution in [-0.2, 0) is 20.9 Å². The van der Waals surface area contributed by atoms with Crippen molar-refractivity contribution in [2.75, 3.05) is 13.7 Å². The first kappa shape index (κ1) is 18.4. The van der Waals surface area contributed by atoms with Gasteiger partial charge in [-0.15, -0.1) is 6.58 Å². The highest BCUT2D eigenvalue weighted by atomic mass is 16.5. The largest absolute Gasteiger partial charge is 0.469 e. The normalized spacial score (nSPS) is 16.4. The molecule has 122 valence electrons. The van der Waals surface area contributed by atoms with Crippen molar-refractivity contribution in [2.24, 2.45) is 11.3 Å². The Morgan fingerprint density at radius 2 is 2.05 bits per heavy atom. The molecule has 0 fully saturated rings. The molecule has 0 aliphatic heterocycles. The lowest BCUT2D eigenvalue weighted by atomic mass is 9.76. The third-order valence-electron chi connectivity index (χ3n) is 3.90. The van der Waals surface area contributed by atoms with Gasteiger partial charge in [-0.2, -0.15) is 0 Å². The third kappa shape index (κ3) is 4.68. The van der Waals surface area contributed by atoms with E-state index in [1.54, 1.807) is 13.0 Å². The summed E-state index contributed by atoms with van der Waals surface area (Å²) in [5.41, 5.74) is 0.0671. The molecular formula is C18H26O4. The van der Waals surface area contributed by atoms with E-state index in [0.29, 0.717) is 19.6 Å². The van der Waals surface area contributed by atoms with Crippen molar-refractivity contribution in [1.82, 2.24) is 0 Å². The number of carbonyl (C=O) groups is 1. The summed E-state index contributed by atoms with van der Waals surface area (Å²) in [7, 11) is 1.33. The number of aliphatic hydroxyl groups excluding tert-OH is 1. The Labute approximate surface area is 132 Å². The molecule has 0 aliphatic carbocycles. The number of ether oxygens (including phenoxy) is 2. The Morgan fingerprint density at radius 1 is 1.41 bits per heavy atom. The summed E-state index contributed by atoms with van der Waals surface area (Å²) in [5.74, 6) is -0.637. The van der Waals surface area contributed by atoms with E-state index in [9.17, 15) is 9.90 Å². The fourth-order valence-corrected chi connectivity index (χ4v) is 2.51. The summed E-state index contributed by atoms with van der Waals surface area (Å²) >= 11 is 0. The van der Waals surface area contributed by atoms with Gasteiger partial charge < -0.3 is 14.6 Å². The zero-order valence-electron chi connectivity index (χ0n) is 13.6. The van der Waals surface area contributed by atoms with Gasteiger partial charge in [0.1, 0.15) is 0 Å². The first-order valence-corrected chi connectivity index (χ1v) is 7.44. The molecule has 1 aromatic rings. The fraction of sp³-hybridized carbons (Fsp3) is 0.500. The zero-order chi connectivity index (χ0) is 16.6. The van der Waals surface area contributed by atoms with Gasteiger partial charge in [0, 0.05) is 5.92 Å². The molecule has 0 unspecified atom stereocenters. The van der Waals surface area contributed by atoms with Crippen LogP contribution in [0.15, 0.2) is 43.0 Å². The van der Waals surface area contributed by atoms with Crippen LogP contribution in [0.25, 0.3) is 0 Å². The molecule has 0 spiro atoms. The van der Waals surface area contributed by atoms with E-state index in [1.165, 1.54) is 7.11 Å². The van der Waals surface area contributed by atoms with Crippen LogP contribution in [0.5, 0.6) is 0 Å². The Balaban J connectivity index is 2.60. The van der Waals surface area contributed by atoms with Gasteiger partial charge >= 0.3 is 5.97 Å². The van der Waals surface area contributed by atoms with Crippen LogP contribution in [0.1, 0.15) is 25.8 Å². The Morgan fingerprint density at radius 3 is 2.59 bits per heavy atom. The lowest BCUT2D eigenvalue weighted by Crippen LogP contribution is -2.45. The topological polar surface area (TPSA) is 55.8 Å². The molecule has 0 aliphatic rings. The molecule has 0 radical (unpaired) electrons. The minimum absolute atomic E-state index is 0.201. The minimum atomic E-state index is -1.01. The number of benzene rings is 1. The molecule has 0 heterocycles. The van der Waals surface area contributed by atoms with Crippen molar-refractivity contribution in [3.05, 3.63) is 48.6 Å². The van der Waals surface area contributed by atoms with Gasteiger partial charge in [-0.1, -0.05) is 43.3 Å². The summed E-state index contributed by atoms with van der Waals surface area (Å²) in [6.07, 6.45) is 1.11. The molecule has 0 bridgehead atoms. The molecule has 3 atom stereocenters. The quantitative estimate of drug-likeness (QED) is 0.563. The molecule has 4 nitrogen and oxygen atoms in total. The van der Waals surface area contributed by atoms with Gasteiger partial charge in [-0.05, 0) is 18.9 Å². The van der Waals surface area contributed by atoms with Gasteiger partial charge in [0.25, 0.3) is 0 Å². The van der Waals surface area contributed by atoms with Crippen molar-refractivity contribution in [2.45, 2.75) is 33.0 Å². The van der Waals surface area contributed by atoms with E-state index in [2.05, 4.69) is 6.58 Å². The highest BCUT2D eigenvalue weighted by Gasteiger charge is 2.43. The van der Waals surface area contributed by atoms with E-state index in [1.807, 2.05) is 37.3 Å². The summed E-state index contributed by atoms with van der Waals surface area (Å²) in [5, 5.41) is 10.5. The SMILES string of the molecule is C=CC[C@](C)(C(=O)OC)[C@@H](O)[C@@H](C)COCc1ccccc1. The van der Waals surface area contributed by atoms with Crippen LogP contribution in [0.2, 0.25) is 0 Å². The summed E-state index contributed by atoms with van der Waals surface area (Å²) in [6.45, 7) is 8.05. The minimum Gasteiger partial charge on any atom is -0.469 e. The maximum absolute atomic E-state index is 12.0. The number of aliphatic hydroxyl groups is 1. The van der Waals surface area contributed by atoms with Crippen LogP contribution < -0.4 is 0 Å². The van der Waals surface area contributed by atoms with E-state index in [0.717, 1.165) is 5.56 Å². The summed E-state index contributed by atoms with van der Waals surface area (Å²) < 4.78 is 10.5. The number of esters is 1. The summed E-state index contributed by atoms with van der Waals surface area (Å²) in [6, 6.07) is 9.83. The number of methoxy groups -OCH3 is 1. The van der Waals surface area contributed by atoms with Crippen LogP contribution in [0.4, 0.5) is 0 Å². The predicted molar refractivity (Wildman–Crippen MR) is 86.2 cm³/mol. The number of hydrogen-bond donors (Lipinski definition) is 1. The second-order valence-electron chi connectivity index (χ2n) is 5.82. The monoisotopic (exact) mass is 306 g/mol. The average molecular weight is 306 g/mol. The second-order valence-corrected chi connectivity index (χ2v) is 5.82. The Kier molecular flexibility index (Phi) is 7.28. The van der Waals surface area contributed by atoms with E-state index in [4.69, 9.17) is 9.47 Å². The Hall–Kier alpha value is -1.65. The van der Waals surface area contributed by atoms with Crippen LogP contribution >= 0.6 is 0 Å². The van der Waals surface area contributed by atoms with Gasteiger partial charge in [0.15, 0.2) is 0 Å². The average Bonchev–Trinajstić information content (AvgIpc) is 2.54. The molecule has 4 heteroatoms. The van der Waals surface area contributed by atoms with Crippen molar-refractivity contribution < 1.29 is 19.4 Å². The van der Waals surface area contributed by atoms with E-state index < -0.39 is 17.5 Å². The fourth-order valence-electron chi connectivity index (χ4n) is 2.51. The maximum Gasteiger partial charge on any atom is 0.314 e. The molecule has 0 saturated carbocycles. The number of allylic oxidation sites excluding steroid dienone is 1. The molecule has 1 aromatic carbocycles. The van der Waals surface area contributed by atoms with Crippen LogP contribution in [0.3, 0.4) is 0 Å². The third-order valence-corrected chi connectivity index (χ3v) is 3.90. The van der Waals surface area contributed by atoms with Crippen molar-refractivity contribution in [3.8, 4) is 0 Å². The molecule has 1 rings (SSSR count). The van der Waals surface area contributed by atoms with Crippen molar-refractivity contribution in [1.29, 1.82) is 0 Å². The van der Waals surface area contributed by atoms with E-state index >= 15 is 0 Å². The number of rotatable bonds is 9. The Bertz CT molecular complexity index is 471. The highest BCUT2D eigenvalue weighted by molar-refractivity contribution is 5.77. The van der Waals surface area contributed by atoms with Crippen LogP contribution in [-0.4, -0.2) is 30.9 Å². The molecule has 0 aromatic heterocycles.